The second kappa shape index (κ2) is 7.16. The molecule has 2 aromatic rings. The van der Waals surface area contributed by atoms with Gasteiger partial charge in [0, 0.05) is 23.8 Å². The predicted molar refractivity (Wildman–Crippen MR) is 92.9 cm³/mol. The van der Waals surface area contributed by atoms with Gasteiger partial charge in [-0.15, -0.1) is 11.3 Å². The quantitative estimate of drug-likeness (QED) is 0.812. The van der Waals surface area contributed by atoms with Gasteiger partial charge in [0.15, 0.2) is 0 Å². The van der Waals surface area contributed by atoms with Gasteiger partial charge in [-0.25, -0.2) is 18.4 Å². The summed E-state index contributed by atoms with van der Waals surface area (Å²) in [6.07, 6.45) is 5.70. The van der Waals surface area contributed by atoms with Crippen molar-refractivity contribution >= 4 is 21.4 Å². The molecule has 3 heterocycles. The van der Waals surface area contributed by atoms with Crippen LogP contribution in [0.2, 0.25) is 0 Å². The Balaban J connectivity index is 1.69. The van der Waals surface area contributed by atoms with Crippen molar-refractivity contribution in [3.8, 4) is 6.01 Å². The molecule has 2 aromatic heterocycles. The number of rotatable bonds is 5. The van der Waals surface area contributed by atoms with E-state index >= 15 is 0 Å². The first-order chi connectivity index (χ1) is 11.5. The Morgan fingerprint density at radius 1 is 1.33 bits per heavy atom. The summed E-state index contributed by atoms with van der Waals surface area (Å²) in [5, 5.41) is 0. The molecule has 0 saturated carbocycles. The molecule has 1 unspecified atom stereocenters. The van der Waals surface area contributed by atoms with E-state index in [4.69, 9.17) is 4.74 Å². The summed E-state index contributed by atoms with van der Waals surface area (Å²) in [7, 11) is -3.45. The normalized spacial score (nSPS) is 19.3. The standard InChI is InChI=1S/C16H21N3O3S2/c1-3-13-9-17-16(18-10-13)22-14-5-4-8-19(11-14)24(20,21)15-7-6-12(2)23-15/h6-7,9-10,14H,3-5,8,11H2,1-2H3. The van der Waals surface area contributed by atoms with Crippen LogP contribution in [0.25, 0.3) is 0 Å². The highest BCUT2D eigenvalue weighted by Gasteiger charge is 2.32. The molecule has 0 radical (unpaired) electrons. The van der Waals surface area contributed by atoms with Crippen LogP contribution in [0.5, 0.6) is 6.01 Å². The van der Waals surface area contributed by atoms with Gasteiger partial charge < -0.3 is 4.74 Å². The molecule has 0 spiro atoms. The van der Waals surface area contributed by atoms with E-state index in [1.807, 2.05) is 19.9 Å². The van der Waals surface area contributed by atoms with Crippen LogP contribution in [0.4, 0.5) is 0 Å². The van der Waals surface area contributed by atoms with Crippen LogP contribution in [-0.4, -0.2) is 41.9 Å². The molecule has 0 N–H and O–H groups in total. The number of hydrogen-bond donors (Lipinski definition) is 0. The molecule has 1 atom stereocenters. The lowest BCUT2D eigenvalue weighted by molar-refractivity contribution is 0.119. The molecule has 1 aliphatic heterocycles. The van der Waals surface area contributed by atoms with Gasteiger partial charge in [0.05, 0.1) is 6.54 Å². The Morgan fingerprint density at radius 3 is 2.71 bits per heavy atom. The average Bonchev–Trinajstić information content (AvgIpc) is 3.03. The summed E-state index contributed by atoms with van der Waals surface area (Å²) >= 11 is 1.30. The number of hydrogen-bond acceptors (Lipinski definition) is 6. The number of aromatic nitrogens is 2. The zero-order chi connectivity index (χ0) is 17.2. The lowest BCUT2D eigenvalue weighted by atomic mass is 10.1. The Bertz CT molecular complexity index is 787. The van der Waals surface area contributed by atoms with Crippen molar-refractivity contribution in [1.82, 2.24) is 14.3 Å². The molecule has 1 aliphatic rings. The first-order valence-electron chi connectivity index (χ1n) is 8.03. The summed E-state index contributed by atoms with van der Waals surface area (Å²) in [5.41, 5.74) is 1.04. The molecular weight excluding hydrogens is 346 g/mol. The van der Waals surface area contributed by atoms with Crippen molar-refractivity contribution in [2.75, 3.05) is 13.1 Å². The number of nitrogens with zero attached hydrogens (tertiary/aromatic N) is 3. The molecule has 0 amide bonds. The minimum Gasteiger partial charge on any atom is -0.459 e. The van der Waals surface area contributed by atoms with Crippen LogP contribution in [-0.2, 0) is 16.4 Å². The highest BCUT2D eigenvalue weighted by molar-refractivity contribution is 7.91. The maximum absolute atomic E-state index is 12.7. The highest BCUT2D eigenvalue weighted by atomic mass is 32.2. The number of piperidine rings is 1. The lowest BCUT2D eigenvalue weighted by Gasteiger charge is -2.31. The van der Waals surface area contributed by atoms with Crippen molar-refractivity contribution in [2.45, 2.75) is 43.4 Å². The smallest absolute Gasteiger partial charge is 0.316 e. The van der Waals surface area contributed by atoms with Crippen LogP contribution in [0, 0.1) is 6.92 Å². The number of aryl methyl sites for hydroxylation is 2. The fourth-order valence-electron chi connectivity index (χ4n) is 2.63. The molecule has 130 valence electrons. The van der Waals surface area contributed by atoms with Gasteiger partial charge in [-0.3, -0.25) is 0 Å². The number of thiophene rings is 1. The maximum Gasteiger partial charge on any atom is 0.316 e. The average molecular weight is 367 g/mol. The van der Waals surface area contributed by atoms with Crippen molar-refractivity contribution in [3.63, 3.8) is 0 Å². The fraction of sp³-hybridized carbons (Fsp3) is 0.500. The minimum atomic E-state index is -3.45. The predicted octanol–water partition coefficient (Wildman–Crippen LogP) is 2.64. The third-order valence-corrected chi connectivity index (χ3v) is 7.35. The summed E-state index contributed by atoms with van der Waals surface area (Å²) < 4.78 is 33.2. The minimum absolute atomic E-state index is 0.220. The topological polar surface area (TPSA) is 72.4 Å². The second-order valence-electron chi connectivity index (χ2n) is 5.84. The molecule has 3 rings (SSSR count). The van der Waals surface area contributed by atoms with Crippen LogP contribution in [0.1, 0.15) is 30.2 Å². The third kappa shape index (κ3) is 3.76. The molecule has 0 aromatic carbocycles. The monoisotopic (exact) mass is 367 g/mol. The van der Waals surface area contributed by atoms with Crippen LogP contribution in [0.3, 0.4) is 0 Å². The number of sulfonamides is 1. The molecule has 0 aliphatic carbocycles. The van der Waals surface area contributed by atoms with Gasteiger partial charge in [-0.05, 0) is 43.9 Å². The largest absolute Gasteiger partial charge is 0.459 e. The summed E-state index contributed by atoms with van der Waals surface area (Å²) in [6, 6.07) is 3.81. The molecule has 1 saturated heterocycles. The van der Waals surface area contributed by atoms with Crippen LogP contribution in [0.15, 0.2) is 28.7 Å². The molecule has 1 fully saturated rings. The van der Waals surface area contributed by atoms with E-state index in [0.29, 0.717) is 23.3 Å². The van der Waals surface area contributed by atoms with Crippen molar-refractivity contribution in [3.05, 3.63) is 35.0 Å². The number of ether oxygens (including phenoxy) is 1. The van der Waals surface area contributed by atoms with E-state index in [1.165, 1.54) is 15.6 Å². The van der Waals surface area contributed by atoms with Crippen LogP contribution < -0.4 is 4.74 Å². The summed E-state index contributed by atoms with van der Waals surface area (Å²) in [6.45, 7) is 4.80. The zero-order valence-corrected chi connectivity index (χ0v) is 15.4. The van der Waals surface area contributed by atoms with Crippen molar-refractivity contribution in [2.24, 2.45) is 0 Å². The van der Waals surface area contributed by atoms with Gasteiger partial charge in [-0.1, -0.05) is 6.92 Å². The first-order valence-corrected chi connectivity index (χ1v) is 10.3. The van der Waals surface area contributed by atoms with Gasteiger partial charge in [0.2, 0.25) is 0 Å². The molecule has 6 nitrogen and oxygen atoms in total. The van der Waals surface area contributed by atoms with Gasteiger partial charge in [-0.2, -0.15) is 4.31 Å². The first kappa shape index (κ1) is 17.3. The molecule has 0 bridgehead atoms. The Hall–Kier alpha value is -1.51. The van der Waals surface area contributed by atoms with Crippen molar-refractivity contribution in [1.29, 1.82) is 0 Å². The lowest BCUT2D eigenvalue weighted by Crippen LogP contribution is -2.44. The Morgan fingerprint density at radius 2 is 2.08 bits per heavy atom. The van der Waals surface area contributed by atoms with E-state index in [-0.39, 0.29) is 6.10 Å². The Labute approximate surface area is 146 Å². The third-order valence-electron chi connectivity index (χ3n) is 4.01. The summed E-state index contributed by atoms with van der Waals surface area (Å²) in [5.74, 6) is 0. The van der Waals surface area contributed by atoms with E-state index < -0.39 is 10.0 Å². The SMILES string of the molecule is CCc1cnc(OC2CCCN(S(=O)(=O)c3ccc(C)s3)C2)nc1. The van der Waals surface area contributed by atoms with Gasteiger partial charge >= 0.3 is 6.01 Å². The summed E-state index contributed by atoms with van der Waals surface area (Å²) in [4.78, 5) is 9.37. The van der Waals surface area contributed by atoms with Gasteiger partial charge in [0.25, 0.3) is 10.0 Å². The Kier molecular flexibility index (Phi) is 5.17. The molecule has 8 heteroatoms. The van der Waals surface area contributed by atoms with Gasteiger partial charge in [0.1, 0.15) is 10.3 Å². The van der Waals surface area contributed by atoms with E-state index in [0.717, 1.165) is 29.7 Å². The van der Waals surface area contributed by atoms with E-state index in [1.54, 1.807) is 18.5 Å². The van der Waals surface area contributed by atoms with Crippen molar-refractivity contribution < 1.29 is 13.2 Å². The molecular formula is C16H21N3O3S2. The fourth-order valence-corrected chi connectivity index (χ4v) is 5.58. The maximum atomic E-state index is 12.7. The van der Waals surface area contributed by atoms with Crippen LogP contribution >= 0.6 is 11.3 Å². The van der Waals surface area contributed by atoms with E-state index in [2.05, 4.69) is 9.97 Å². The molecule has 24 heavy (non-hydrogen) atoms. The van der Waals surface area contributed by atoms with E-state index in [9.17, 15) is 8.42 Å². The zero-order valence-electron chi connectivity index (χ0n) is 13.8. The second-order valence-corrected chi connectivity index (χ2v) is 9.29. The highest BCUT2D eigenvalue weighted by Crippen LogP contribution is 2.27.